The van der Waals surface area contributed by atoms with Crippen LogP contribution in [0.1, 0.15) is 10.7 Å². The van der Waals surface area contributed by atoms with Crippen molar-refractivity contribution < 1.29 is 4.74 Å². The van der Waals surface area contributed by atoms with Gasteiger partial charge < -0.3 is 15.8 Å². The van der Waals surface area contributed by atoms with Crippen molar-refractivity contribution in [2.75, 3.05) is 26.8 Å². The highest BCUT2D eigenvalue weighted by Crippen LogP contribution is 2.09. The largest absolute Gasteiger partial charge is 0.383 e. The fraction of sp³-hybridized carbons (Fsp3) is 0.667. The predicted molar refractivity (Wildman–Crippen MR) is 58.5 cm³/mol. The molecule has 0 radical (unpaired) electrons. The first-order valence-electron chi connectivity index (χ1n) is 4.70. The monoisotopic (exact) mass is 215 g/mol. The fourth-order valence-corrected chi connectivity index (χ4v) is 1.87. The van der Waals surface area contributed by atoms with Gasteiger partial charge in [0.15, 0.2) is 0 Å². The third-order valence-corrected chi connectivity index (χ3v) is 2.70. The molecule has 0 fully saturated rings. The van der Waals surface area contributed by atoms with Gasteiger partial charge in [-0.05, 0) is 6.54 Å². The SMILES string of the molecule is COCCNCc1csc(CCN)n1. The van der Waals surface area contributed by atoms with E-state index in [4.69, 9.17) is 10.5 Å². The maximum absolute atomic E-state index is 5.44. The Morgan fingerprint density at radius 2 is 2.50 bits per heavy atom. The molecule has 14 heavy (non-hydrogen) atoms. The van der Waals surface area contributed by atoms with Gasteiger partial charge in [-0.1, -0.05) is 0 Å². The van der Waals surface area contributed by atoms with Crippen LogP contribution in [0.25, 0.3) is 0 Å². The van der Waals surface area contributed by atoms with Crippen LogP contribution in [0.3, 0.4) is 0 Å². The highest BCUT2D eigenvalue weighted by Gasteiger charge is 2.00. The van der Waals surface area contributed by atoms with E-state index in [-0.39, 0.29) is 0 Å². The second-order valence-electron chi connectivity index (χ2n) is 2.94. The summed E-state index contributed by atoms with van der Waals surface area (Å²) in [6.07, 6.45) is 0.878. The maximum atomic E-state index is 5.44. The number of ether oxygens (including phenoxy) is 1. The van der Waals surface area contributed by atoms with Crippen LogP contribution in [0.5, 0.6) is 0 Å². The third-order valence-electron chi connectivity index (χ3n) is 1.75. The minimum absolute atomic E-state index is 0.671. The molecule has 1 heterocycles. The molecule has 0 aliphatic rings. The summed E-state index contributed by atoms with van der Waals surface area (Å²) < 4.78 is 4.93. The van der Waals surface area contributed by atoms with Crippen LogP contribution in [-0.4, -0.2) is 31.8 Å². The van der Waals surface area contributed by atoms with Crippen molar-refractivity contribution in [3.8, 4) is 0 Å². The molecule has 1 rings (SSSR count). The van der Waals surface area contributed by atoms with Crippen molar-refractivity contribution in [2.24, 2.45) is 5.73 Å². The van der Waals surface area contributed by atoms with Crippen molar-refractivity contribution in [3.63, 3.8) is 0 Å². The van der Waals surface area contributed by atoms with E-state index in [1.54, 1.807) is 18.4 Å². The number of nitrogens with two attached hydrogens (primary N) is 1. The molecule has 0 saturated carbocycles. The molecule has 1 aromatic rings. The van der Waals surface area contributed by atoms with Gasteiger partial charge in [-0.25, -0.2) is 4.98 Å². The Morgan fingerprint density at radius 1 is 1.64 bits per heavy atom. The van der Waals surface area contributed by atoms with E-state index in [2.05, 4.69) is 15.7 Å². The van der Waals surface area contributed by atoms with Gasteiger partial charge in [-0.2, -0.15) is 0 Å². The average Bonchev–Trinajstić information content (AvgIpc) is 2.61. The van der Waals surface area contributed by atoms with E-state index >= 15 is 0 Å². The van der Waals surface area contributed by atoms with Crippen molar-refractivity contribution in [1.82, 2.24) is 10.3 Å². The highest BCUT2D eigenvalue weighted by molar-refractivity contribution is 7.09. The van der Waals surface area contributed by atoms with Crippen LogP contribution in [0.2, 0.25) is 0 Å². The molecule has 0 aliphatic carbocycles. The fourth-order valence-electron chi connectivity index (χ4n) is 1.06. The van der Waals surface area contributed by atoms with E-state index in [1.165, 1.54) is 0 Å². The van der Waals surface area contributed by atoms with E-state index in [1.807, 2.05) is 0 Å². The molecular weight excluding hydrogens is 198 g/mol. The number of nitrogens with zero attached hydrogens (tertiary/aromatic N) is 1. The van der Waals surface area contributed by atoms with E-state index in [0.29, 0.717) is 6.54 Å². The molecule has 0 amide bonds. The molecule has 0 aromatic carbocycles. The number of hydrogen-bond donors (Lipinski definition) is 2. The molecular formula is C9H17N3OS. The van der Waals surface area contributed by atoms with Gasteiger partial charge in [0, 0.05) is 32.0 Å². The maximum Gasteiger partial charge on any atom is 0.0941 e. The van der Waals surface area contributed by atoms with Crippen molar-refractivity contribution in [1.29, 1.82) is 0 Å². The second kappa shape index (κ2) is 6.89. The van der Waals surface area contributed by atoms with Crippen molar-refractivity contribution in [3.05, 3.63) is 16.1 Å². The van der Waals surface area contributed by atoms with Crippen LogP contribution in [0.15, 0.2) is 5.38 Å². The lowest BCUT2D eigenvalue weighted by atomic mass is 10.4. The first-order chi connectivity index (χ1) is 6.86. The van der Waals surface area contributed by atoms with Gasteiger partial charge in [0.05, 0.1) is 17.3 Å². The summed E-state index contributed by atoms with van der Waals surface area (Å²) in [6, 6.07) is 0. The Labute approximate surface area is 88.5 Å². The molecule has 5 heteroatoms. The Bertz CT molecular complexity index is 252. The van der Waals surface area contributed by atoms with Crippen molar-refractivity contribution >= 4 is 11.3 Å². The number of methoxy groups -OCH3 is 1. The highest BCUT2D eigenvalue weighted by atomic mass is 32.1. The van der Waals surface area contributed by atoms with Gasteiger partial charge in [0.2, 0.25) is 0 Å². The smallest absolute Gasteiger partial charge is 0.0941 e. The van der Waals surface area contributed by atoms with E-state index in [9.17, 15) is 0 Å². The summed E-state index contributed by atoms with van der Waals surface area (Å²) >= 11 is 1.68. The lowest BCUT2D eigenvalue weighted by molar-refractivity contribution is 0.199. The molecule has 3 N–H and O–H groups in total. The molecule has 1 aromatic heterocycles. The number of hydrogen-bond acceptors (Lipinski definition) is 5. The molecule has 0 spiro atoms. The molecule has 0 atom stereocenters. The van der Waals surface area contributed by atoms with Gasteiger partial charge in [-0.3, -0.25) is 0 Å². The third kappa shape index (κ3) is 4.15. The number of nitrogens with one attached hydrogen (secondary N) is 1. The molecule has 0 bridgehead atoms. The molecule has 0 aliphatic heterocycles. The first kappa shape index (κ1) is 11.6. The zero-order valence-corrected chi connectivity index (χ0v) is 9.27. The topological polar surface area (TPSA) is 60.2 Å². The summed E-state index contributed by atoms with van der Waals surface area (Å²) in [5.74, 6) is 0. The summed E-state index contributed by atoms with van der Waals surface area (Å²) in [6.45, 7) is 3.08. The Hall–Kier alpha value is -0.490. The van der Waals surface area contributed by atoms with Crippen LogP contribution >= 0.6 is 11.3 Å². The lowest BCUT2D eigenvalue weighted by Gasteiger charge is -2.00. The zero-order chi connectivity index (χ0) is 10.2. The van der Waals surface area contributed by atoms with Crippen LogP contribution < -0.4 is 11.1 Å². The van der Waals surface area contributed by atoms with Crippen LogP contribution in [0.4, 0.5) is 0 Å². The Morgan fingerprint density at radius 3 is 3.21 bits per heavy atom. The normalized spacial score (nSPS) is 10.7. The van der Waals surface area contributed by atoms with E-state index < -0.39 is 0 Å². The minimum Gasteiger partial charge on any atom is -0.383 e. The zero-order valence-electron chi connectivity index (χ0n) is 8.45. The van der Waals surface area contributed by atoms with Gasteiger partial charge >= 0.3 is 0 Å². The van der Waals surface area contributed by atoms with Crippen LogP contribution in [-0.2, 0) is 17.7 Å². The Kier molecular flexibility index (Phi) is 5.70. The van der Waals surface area contributed by atoms with Gasteiger partial charge in [0.25, 0.3) is 0 Å². The van der Waals surface area contributed by atoms with Crippen molar-refractivity contribution in [2.45, 2.75) is 13.0 Å². The number of rotatable bonds is 7. The number of aromatic nitrogens is 1. The average molecular weight is 215 g/mol. The number of thiazole rings is 1. The summed E-state index contributed by atoms with van der Waals surface area (Å²) in [5.41, 5.74) is 6.54. The quantitative estimate of drug-likeness (QED) is 0.646. The molecule has 4 nitrogen and oxygen atoms in total. The summed E-state index contributed by atoms with van der Waals surface area (Å²) in [7, 11) is 1.70. The molecule has 0 saturated heterocycles. The first-order valence-corrected chi connectivity index (χ1v) is 5.57. The lowest BCUT2D eigenvalue weighted by Crippen LogP contribution is -2.18. The minimum atomic E-state index is 0.671. The second-order valence-corrected chi connectivity index (χ2v) is 3.88. The molecule has 0 unspecified atom stereocenters. The molecule has 80 valence electrons. The predicted octanol–water partition coefficient (Wildman–Crippen LogP) is 0.380. The van der Waals surface area contributed by atoms with Crippen LogP contribution in [0, 0.1) is 0 Å². The Balaban J connectivity index is 2.22. The van der Waals surface area contributed by atoms with E-state index in [0.717, 1.165) is 36.8 Å². The summed E-state index contributed by atoms with van der Waals surface area (Å²) in [4.78, 5) is 4.43. The van der Waals surface area contributed by atoms with Gasteiger partial charge in [-0.15, -0.1) is 11.3 Å². The standard InChI is InChI=1S/C9H17N3OS/c1-13-5-4-11-6-8-7-14-9(12-8)2-3-10/h7,11H,2-6,10H2,1H3. The van der Waals surface area contributed by atoms with Gasteiger partial charge in [0.1, 0.15) is 0 Å². The summed E-state index contributed by atoms with van der Waals surface area (Å²) in [5, 5.41) is 6.44.